The predicted octanol–water partition coefficient (Wildman–Crippen LogP) is 2.40. The molecule has 0 saturated heterocycles. The Hall–Kier alpha value is -3.22. The number of rotatable bonds is 5. The van der Waals surface area contributed by atoms with Gasteiger partial charge in [-0.25, -0.2) is 0 Å². The Kier molecular flexibility index (Phi) is 4.97. The van der Waals surface area contributed by atoms with Crippen LogP contribution in [0.5, 0.6) is 5.75 Å². The number of hydrogen-bond acceptors (Lipinski definition) is 5. The van der Waals surface area contributed by atoms with Crippen LogP contribution in [0.2, 0.25) is 0 Å². The first-order chi connectivity index (χ1) is 12.4. The number of anilines is 2. The van der Waals surface area contributed by atoms with Crippen LogP contribution in [-0.4, -0.2) is 24.9 Å². The quantitative estimate of drug-likeness (QED) is 0.634. The summed E-state index contributed by atoms with van der Waals surface area (Å²) in [6.07, 6.45) is 3.01. The molecule has 0 fully saturated rings. The van der Waals surface area contributed by atoms with Crippen molar-refractivity contribution in [2.75, 3.05) is 23.7 Å². The van der Waals surface area contributed by atoms with E-state index in [9.17, 15) is 9.59 Å². The minimum atomic E-state index is -0.431. The highest BCUT2D eigenvalue weighted by molar-refractivity contribution is 6.12. The number of nitrogens with one attached hydrogen (secondary N) is 1. The number of amides is 2. The van der Waals surface area contributed by atoms with Crippen LogP contribution in [0.1, 0.15) is 19.6 Å². The molecule has 3 rings (SSSR count). The Labute approximate surface area is 151 Å². The van der Waals surface area contributed by atoms with Gasteiger partial charge in [0.1, 0.15) is 12.3 Å². The maximum atomic E-state index is 12.9. The summed E-state index contributed by atoms with van der Waals surface area (Å²) in [7, 11) is 0. The van der Waals surface area contributed by atoms with Crippen molar-refractivity contribution < 1.29 is 18.7 Å². The van der Waals surface area contributed by atoms with E-state index in [1.54, 1.807) is 30.3 Å². The van der Waals surface area contributed by atoms with Gasteiger partial charge in [-0.05, 0) is 36.2 Å². The normalized spacial score (nSPS) is 15.1. The molecular formula is C19H21N3O4. The Morgan fingerprint density at radius 1 is 1.35 bits per heavy atom. The zero-order valence-electron chi connectivity index (χ0n) is 14.7. The van der Waals surface area contributed by atoms with Crippen molar-refractivity contribution >= 4 is 29.3 Å². The average molecular weight is 355 g/mol. The third-order valence-electron chi connectivity index (χ3n) is 3.78. The fraction of sp³-hybridized carbons (Fsp3) is 0.263. The highest BCUT2D eigenvalue weighted by Gasteiger charge is 2.32. The van der Waals surface area contributed by atoms with Crippen LogP contribution in [-0.2, 0) is 9.59 Å². The van der Waals surface area contributed by atoms with E-state index < -0.39 is 5.91 Å². The van der Waals surface area contributed by atoms with Crippen molar-refractivity contribution in [3.63, 3.8) is 0 Å². The van der Waals surface area contributed by atoms with Gasteiger partial charge in [0, 0.05) is 18.3 Å². The van der Waals surface area contributed by atoms with Crippen molar-refractivity contribution in [3.05, 3.63) is 48.1 Å². The molecule has 136 valence electrons. The van der Waals surface area contributed by atoms with E-state index in [2.05, 4.69) is 5.32 Å². The van der Waals surface area contributed by atoms with Gasteiger partial charge in [-0.3, -0.25) is 14.5 Å². The summed E-state index contributed by atoms with van der Waals surface area (Å²) >= 11 is 0. The number of nitrogens with zero attached hydrogens (tertiary/aromatic N) is 1. The fourth-order valence-electron chi connectivity index (χ4n) is 2.50. The smallest absolute Gasteiger partial charge is 0.294 e. The van der Waals surface area contributed by atoms with Gasteiger partial charge in [0.05, 0.1) is 12.0 Å². The molecule has 1 aliphatic rings. The third-order valence-corrected chi connectivity index (χ3v) is 3.78. The predicted molar refractivity (Wildman–Crippen MR) is 98.4 cm³/mol. The number of nitrogens with two attached hydrogens (primary N) is 1. The molecule has 3 N–H and O–H groups in total. The molecule has 1 aromatic heterocycles. The van der Waals surface area contributed by atoms with Crippen molar-refractivity contribution in [3.8, 4) is 5.75 Å². The van der Waals surface area contributed by atoms with Gasteiger partial charge < -0.3 is 20.2 Å². The number of furan rings is 1. The minimum absolute atomic E-state index is 0.0777. The van der Waals surface area contributed by atoms with E-state index in [1.807, 2.05) is 13.8 Å². The molecule has 7 nitrogen and oxygen atoms in total. The van der Waals surface area contributed by atoms with E-state index >= 15 is 0 Å². The van der Waals surface area contributed by atoms with E-state index in [0.29, 0.717) is 35.3 Å². The largest absolute Gasteiger partial charge is 0.465 e. The first-order valence-corrected chi connectivity index (χ1v) is 8.35. The standard InChI is InChI=1S/C19H21N3O4/c1-12(2)10-21-18(23)11-22-15-8-13(20)5-6-16(15)26-17(19(22)24)9-14-4-3-7-25-14/h3-9,12H,10-11,20H2,1-2H3,(H,21,23)/b17-9+. The third kappa shape index (κ3) is 3.88. The molecular weight excluding hydrogens is 334 g/mol. The molecule has 0 aliphatic carbocycles. The Morgan fingerprint density at radius 2 is 2.15 bits per heavy atom. The summed E-state index contributed by atoms with van der Waals surface area (Å²) in [5.74, 6) is 0.647. The van der Waals surface area contributed by atoms with Crippen molar-refractivity contribution in [2.45, 2.75) is 13.8 Å². The molecule has 1 aromatic carbocycles. The second kappa shape index (κ2) is 7.35. The Morgan fingerprint density at radius 3 is 2.85 bits per heavy atom. The van der Waals surface area contributed by atoms with E-state index in [-0.39, 0.29) is 18.2 Å². The molecule has 0 bridgehead atoms. The maximum Gasteiger partial charge on any atom is 0.294 e. The van der Waals surface area contributed by atoms with Crippen molar-refractivity contribution in [2.24, 2.45) is 5.92 Å². The Balaban J connectivity index is 1.91. The van der Waals surface area contributed by atoms with Gasteiger partial charge in [0.15, 0.2) is 11.5 Å². The minimum Gasteiger partial charge on any atom is -0.465 e. The monoisotopic (exact) mass is 355 g/mol. The lowest BCUT2D eigenvalue weighted by atomic mass is 10.1. The number of ether oxygens (including phenoxy) is 1. The summed E-state index contributed by atoms with van der Waals surface area (Å²) < 4.78 is 11.0. The van der Waals surface area contributed by atoms with Gasteiger partial charge in [0.2, 0.25) is 5.91 Å². The molecule has 2 heterocycles. The number of benzene rings is 1. The van der Waals surface area contributed by atoms with Gasteiger partial charge >= 0.3 is 0 Å². The number of hydrogen-bond donors (Lipinski definition) is 2. The molecule has 0 radical (unpaired) electrons. The SMILES string of the molecule is CC(C)CNC(=O)CN1C(=O)/C(=C\c2ccco2)Oc2ccc(N)cc21. The molecule has 0 spiro atoms. The van der Waals surface area contributed by atoms with Crippen LogP contribution in [0, 0.1) is 5.92 Å². The molecule has 0 atom stereocenters. The summed E-state index contributed by atoms with van der Waals surface area (Å²) in [6, 6.07) is 8.39. The van der Waals surface area contributed by atoms with Crippen LogP contribution in [0.3, 0.4) is 0 Å². The lowest BCUT2D eigenvalue weighted by Crippen LogP contribution is -2.44. The van der Waals surface area contributed by atoms with Gasteiger partial charge in [0.25, 0.3) is 5.91 Å². The Bertz CT molecular complexity index is 840. The average Bonchev–Trinajstić information content (AvgIpc) is 3.10. The van der Waals surface area contributed by atoms with Crippen LogP contribution in [0.4, 0.5) is 11.4 Å². The molecule has 2 aromatic rings. The topological polar surface area (TPSA) is 97.8 Å². The highest BCUT2D eigenvalue weighted by atomic mass is 16.5. The fourth-order valence-corrected chi connectivity index (χ4v) is 2.50. The van der Waals surface area contributed by atoms with E-state index in [0.717, 1.165) is 0 Å². The second-order valence-corrected chi connectivity index (χ2v) is 6.44. The van der Waals surface area contributed by atoms with Crippen molar-refractivity contribution in [1.29, 1.82) is 0 Å². The lowest BCUT2D eigenvalue weighted by molar-refractivity contribution is -0.123. The first kappa shape index (κ1) is 17.6. The van der Waals surface area contributed by atoms with E-state index in [1.165, 1.54) is 17.2 Å². The van der Waals surface area contributed by atoms with Crippen LogP contribution in [0.25, 0.3) is 6.08 Å². The van der Waals surface area contributed by atoms with Gasteiger partial charge in [-0.1, -0.05) is 13.8 Å². The zero-order chi connectivity index (χ0) is 18.7. The lowest BCUT2D eigenvalue weighted by Gasteiger charge is -2.30. The highest BCUT2D eigenvalue weighted by Crippen LogP contribution is 2.37. The number of carbonyl (C=O) groups excluding carboxylic acids is 2. The molecule has 0 unspecified atom stereocenters. The molecule has 2 amide bonds. The second-order valence-electron chi connectivity index (χ2n) is 6.44. The van der Waals surface area contributed by atoms with Crippen LogP contribution in [0.15, 0.2) is 46.8 Å². The summed E-state index contributed by atoms with van der Waals surface area (Å²) in [5.41, 5.74) is 6.78. The summed E-state index contributed by atoms with van der Waals surface area (Å²) in [5, 5.41) is 2.81. The molecule has 0 saturated carbocycles. The number of fused-ring (bicyclic) bond motifs is 1. The van der Waals surface area contributed by atoms with Crippen molar-refractivity contribution in [1.82, 2.24) is 5.32 Å². The summed E-state index contributed by atoms with van der Waals surface area (Å²) in [6.45, 7) is 4.41. The summed E-state index contributed by atoms with van der Waals surface area (Å²) in [4.78, 5) is 26.5. The first-order valence-electron chi connectivity index (χ1n) is 8.35. The molecule has 7 heteroatoms. The number of nitrogen functional groups attached to an aromatic ring is 1. The molecule has 1 aliphatic heterocycles. The molecule has 26 heavy (non-hydrogen) atoms. The van der Waals surface area contributed by atoms with Crippen LogP contribution >= 0.6 is 0 Å². The maximum absolute atomic E-state index is 12.9. The van der Waals surface area contributed by atoms with Crippen LogP contribution < -0.4 is 20.7 Å². The zero-order valence-corrected chi connectivity index (χ0v) is 14.7. The van der Waals surface area contributed by atoms with Gasteiger partial charge in [-0.2, -0.15) is 0 Å². The van der Waals surface area contributed by atoms with Gasteiger partial charge in [-0.15, -0.1) is 0 Å². The van der Waals surface area contributed by atoms with E-state index in [4.69, 9.17) is 14.9 Å². The number of carbonyl (C=O) groups is 2.